The number of fused-ring (bicyclic) bond motifs is 3. The maximum Gasteiger partial charge on any atom is 0.235 e. The molecule has 2 saturated carbocycles. The first kappa shape index (κ1) is 29.3. The smallest absolute Gasteiger partial charge is 0.235 e. The Balaban J connectivity index is 1.36. The first-order chi connectivity index (χ1) is 20.9. The van der Waals surface area contributed by atoms with Crippen LogP contribution in [0.3, 0.4) is 0 Å². The number of anilines is 1. The Labute approximate surface area is 253 Å². The second kappa shape index (κ2) is 10.8. The molecule has 0 bridgehead atoms. The number of carbonyl (C=O) groups excluding carboxylic acids is 5. The van der Waals surface area contributed by atoms with E-state index in [0.29, 0.717) is 17.7 Å². The lowest BCUT2D eigenvalue weighted by atomic mass is 9.52. The summed E-state index contributed by atoms with van der Waals surface area (Å²) in [6, 6.07) is 13.5. The number of aromatic hydroxyl groups is 1. The first-order valence-electron chi connectivity index (χ1n) is 14.4. The molecule has 6 rings (SSSR count). The number of rotatable bonds is 6. The van der Waals surface area contributed by atoms with Gasteiger partial charge in [-0.3, -0.25) is 33.9 Å². The molecule has 1 amide bonds. The van der Waals surface area contributed by atoms with Crippen LogP contribution in [0.1, 0.15) is 27.9 Å². The monoisotopic (exact) mass is 596 g/mol. The number of amides is 1. The SMILES string of the molecule is CN(C)C1C(=O)C(C(N)=O)C(=O)C2(O)C(=O)C3C(=O)c4c(O)ccc(-c5ccc(CNc6cccnc6)cc5)c4CC3CC12. The number of phenolic OH excluding ortho intramolecular Hbond substituents is 1. The molecule has 3 aliphatic rings. The van der Waals surface area contributed by atoms with Gasteiger partial charge in [-0.25, -0.2) is 0 Å². The van der Waals surface area contributed by atoms with Crippen LogP contribution in [0.2, 0.25) is 0 Å². The topological polar surface area (TPSA) is 180 Å². The number of nitrogens with zero attached hydrogens (tertiary/aromatic N) is 2. The van der Waals surface area contributed by atoms with E-state index in [0.717, 1.165) is 16.8 Å². The van der Waals surface area contributed by atoms with E-state index in [2.05, 4.69) is 10.3 Å². The Bertz CT molecular complexity index is 1700. The minimum absolute atomic E-state index is 0.00204. The van der Waals surface area contributed by atoms with E-state index in [-0.39, 0.29) is 24.2 Å². The van der Waals surface area contributed by atoms with Crippen LogP contribution >= 0.6 is 0 Å². The number of pyridine rings is 1. The van der Waals surface area contributed by atoms with Crippen molar-refractivity contribution in [2.24, 2.45) is 29.4 Å². The van der Waals surface area contributed by atoms with E-state index < -0.39 is 64.4 Å². The van der Waals surface area contributed by atoms with Crippen molar-refractivity contribution in [3.63, 3.8) is 0 Å². The summed E-state index contributed by atoms with van der Waals surface area (Å²) in [6.45, 7) is 0.565. The number of primary amides is 1. The fourth-order valence-corrected chi connectivity index (χ4v) is 7.35. The van der Waals surface area contributed by atoms with Gasteiger partial charge in [0.05, 0.1) is 23.2 Å². The van der Waals surface area contributed by atoms with Crippen molar-refractivity contribution in [1.82, 2.24) is 9.88 Å². The molecular weight excluding hydrogens is 564 g/mol. The lowest BCUT2D eigenvalue weighted by Crippen LogP contribution is -2.74. The van der Waals surface area contributed by atoms with E-state index >= 15 is 0 Å². The number of aliphatic hydroxyl groups is 1. The van der Waals surface area contributed by atoms with Gasteiger partial charge in [-0.15, -0.1) is 0 Å². The maximum absolute atomic E-state index is 14.0. The number of ketones is 4. The second-order valence-corrected chi connectivity index (χ2v) is 12.1. The quantitative estimate of drug-likeness (QED) is 0.305. The average molecular weight is 597 g/mol. The van der Waals surface area contributed by atoms with Gasteiger partial charge in [0, 0.05) is 24.9 Å². The lowest BCUT2D eigenvalue weighted by molar-refractivity contribution is -0.181. The lowest BCUT2D eigenvalue weighted by Gasteiger charge is -2.52. The summed E-state index contributed by atoms with van der Waals surface area (Å²) in [5.74, 6) is -10.6. The summed E-state index contributed by atoms with van der Waals surface area (Å²) in [5.41, 5.74) is 6.55. The molecule has 0 aliphatic heterocycles. The first-order valence-corrected chi connectivity index (χ1v) is 14.4. The van der Waals surface area contributed by atoms with E-state index in [1.54, 1.807) is 32.6 Å². The van der Waals surface area contributed by atoms with E-state index in [1.165, 1.54) is 11.0 Å². The summed E-state index contributed by atoms with van der Waals surface area (Å²) in [7, 11) is 3.11. The normalized spacial score (nSPS) is 27.9. The number of phenols is 1. The van der Waals surface area contributed by atoms with Crippen molar-refractivity contribution >= 4 is 34.7 Å². The number of hydrogen-bond acceptors (Lipinski definition) is 10. The molecular formula is C33H32N4O7. The Morgan fingerprint density at radius 1 is 1.07 bits per heavy atom. The predicted molar refractivity (Wildman–Crippen MR) is 158 cm³/mol. The zero-order chi connectivity index (χ0) is 31.5. The molecule has 6 unspecified atom stereocenters. The average Bonchev–Trinajstić information content (AvgIpc) is 2.98. The van der Waals surface area contributed by atoms with Crippen molar-refractivity contribution in [2.45, 2.75) is 31.0 Å². The van der Waals surface area contributed by atoms with Crippen molar-refractivity contribution in [2.75, 3.05) is 19.4 Å². The van der Waals surface area contributed by atoms with Crippen molar-refractivity contribution in [3.8, 4) is 16.9 Å². The Kier molecular flexibility index (Phi) is 7.17. The highest BCUT2D eigenvalue weighted by Gasteiger charge is 2.69. The number of Topliss-reactive ketones (excluding diaryl/α,β-unsaturated/α-hetero) is 4. The van der Waals surface area contributed by atoms with Crippen LogP contribution in [0.25, 0.3) is 11.1 Å². The molecule has 44 heavy (non-hydrogen) atoms. The highest BCUT2D eigenvalue weighted by Crippen LogP contribution is 2.51. The number of nitrogens with two attached hydrogens (primary N) is 1. The maximum atomic E-state index is 14.0. The molecule has 11 nitrogen and oxygen atoms in total. The van der Waals surface area contributed by atoms with Gasteiger partial charge in [-0.2, -0.15) is 0 Å². The van der Waals surface area contributed by atoms with Gasteiger partial charge in [0.15, 0.2) is 34.7 Å². The third-order valence-electron chi connectivity index (χ3n) is 9.37. The molecule has 1 heterocycles. The Hall–Kier alpha value is -4.74. The van der Waals surface area contributed by atoms with Crippen LogP contribution < -0.4 is 11.1 Å². The van der Waals surface area contributed by atoms with Gasteiger partial charge in [0.2, 0.25) is 5.91 Å². The van der Waals surface area contributed by atoms with Gasteiger partial charge in [-0.05, 0) is 73.3 Å². The molecule has 2 aromatic carbocycles. The molecule has 0 radical (unpaired) electrons. The van der Waals surface area contributed by atoms with Gasteiger partial charge >= 0.3 is 0 Å². The Morgan fingerprint density at radius 2 is 1.80 bits per heavy atom. The summed E-state index contributed by atoms with van der Waals surface area (Å²) >= 11 is 0. The largest absolute Gasteiger partial charge is 0.507 e. The van der Waals surface area contributed by atoms with Crippen LogP contribution in [0.5, 0.6) is 5.75 Å². The molecule has 0 saturated heterocycles. The number of hydrogen-bond donors (Lipinski definition) is 4. The molecule has 1 aromatic heterocycles. The van der Waals surface area contributed by atoms with E-state index in [1.807, 2.05) is 36.4 Å². The summed E-state index contributed by atoms with van der Waals surface area (Å²) in [5, 5.41) is 25.8. The fourth-order valence-electron chi connectivity index (χ4n) is 7.35. The van der Waals surface area contributed by atoms with Crippen LogP contribution in [-0.4, -0.2) is 74.9 Å². The number of nitrogens with one attached hydrogen (secondary N) is 1. The standard InChI is InChI=1S/C33H32N4O7/c1-37(2)27-22-13-18-12-21-20(17-7-5-16(6-8-17)14-36-19-4-3-11-35-15-19)9-10-23(38)25(21)28(39)24(18)30(41)33(22,44)31(42)26(29(27)40)32(34)43/h3-11,15,18,22,24,26-27,36,38,44H,12-14H2,1-2H3,(H2,34,43). The molecule has 226 valence electrons. The zero-order valence-corrected chi connectivity index (χ0v) is 24.2. The zero-order valence-electron chi connectivity index (χ0n) is 24.2. The van der Waals surface area contributed by atoms with Gasteiger partial charge < -0.3 is 21.3 Å². The second-order valence-electron chi connectivity index (χ2n) is 12.1. The van der Waals surface area contributed by atoms with E-state index in [9.17, 15) is 34.2 Å². The molecule has 2 fully saturated rings. The highest BCUT2D eigenvalue weighted by molar-refractivity contribution is 6.32. The van der Waals surface area contributed by atoms with E-state index in [4.69, 9.17) is 5.73 Å². The minimum Gasteiger partial charge on any atom is -0.507 e. The van der Waals surface area contributed by atoms with Gasteiger partial charge in [-0.1, -0.05) is 30.3 Å². The summed E-state index contributed by atoms with van der Waals surface area (Å²) in [4.78, 5) is 72.4. The number of aromatic nitrogens is 1. The molecule has 5 N–H and O–H groups in total. The Morgan fingerprint density at radius 3 is 2.43 bits per heavy atom. The molecule has 11 heteroatoms. The molecule has 3 aliphatic carbocycles. The number of likely N-dealkylation sites (N-methyl/N-ethyl adjacent to an activating group) is 1. The van der Waals surface area contributed by atoms with Crippen LogP contribution in [0.15, 0.2) is 60.9 Å². The highest BCUT2D eigenvalue weighted by atomic mass is 16.3. The van der Waals surface area contributed by atoms with Crippen LogP contribution in [0, 0.1) is 23.7 Å². The third kappa shape index (κ3) is 4.42. The van der Waals surface area contributed by atoms with Crippen molar-refractivity contribution < 1.29 is 34.2 Å². The summed E-state index contributed by atoms with van der Waals surface area (Å²) < 4.78 is 0. The van der Waals surface area contributed by atoms with Gasteiger partial charge in [0.1, 0.15) is 5.75 Å². The van der Waals surface area contributed by atoms with Crippen LogP contribution in [-0.2, 0) is 32.1 Å². The number of benzene rings is 2. The number of carbonyl (C=O) groups is 5. The summed E-state index contributed by atoms with van der Waals surface area (Å²) in [6.07, 6.45) is 3.62. The molecule has 0 spiro atoms. The third-order valence-corrected chi connectivity index (χ3v) is 9.37. The van der Waals surface area contributed by atoms with Crippen molar-refractivity contribution in [3.05, 3.63) is 77.6 Å². The minimum atomic E-state index is -2.75. The molecule has 6 atom stereocenters. The predicted octanol–water partition coefficient (Wildman–Crippen LogP) is 1.54. The van der Waals surface area contributed by atoms with Crippen LogP contribution in [0.4, 0.5) is 5.69 Å². The van der Waals surface area contributed by atoms with Gasteiger partial charge in [0.25, 0.3) is 0 Å². The molecule has 3 aromatic rings. The fraction of sp³-hybridized carbons (Fsp3) is 0.333. The van der Waals surface area contributed by atoms with Crippen molar-refractivity contribution in [1.29, 1.82) is 0 Å².